The summed E-state index contributed by atoms with van der Waals surface area (Å²) in [6.45, 7) is 0. The predicted octanol–water partition coefficient (Wildman–Crippen LogP) is 1.51. The number of nitrogens with zero attached hydrogens (tertiary/aromatic N) is 4. The van der Waals surface area contributed by atoms with E-state index in [2.05, 4.69) is 45.7 Å². The molecule has 20 heavy (non-hydrogen) atoms. The number of aryl methyl sites for hydroxylation is 1. The minimum atomic E-state index is -0.500. The topological polar surface area (TPSA) is 63.8 Å². The second kappa shape index (κ2) is 5.38. The van der Waals surface area contributed by atoms with E-state index in [1.54, 1.807) is 7.05 Å². The summed E-state index contributed by atoms with van der Waals surface area (Å²) < 4.78 is 0. The molecular weight excluding hydrogens is 252 g/mol. The van der Waals surface area contributed by atoms with Crippen LogP contribution in [-0.2, 0) is 19.9 Å². The van der Waals surface area contributed by atoms with Gasteiger partial charge in [0.15, 0.2) is 5.82 Å². The van der Waals surface area contributed by atoms with Crippen molar-refractivity contribution < 1.29 is 5.11 Å². The Kier molecular flexibility index (Phi) is 3.43. The second-order valence-corrected chi connectivity index (χ2v) is 4.94. The highest BCUT2D eigenvalue weighted by Gasteiger charge is 2.11. The Hall–Kier alpha value is -2.27. The van der Waals surface area contributed by atoms with Crippen molar-refractivity contribution in [3.63, 3.8) is 0 Å². The molecular formula is C15H16N4O. The third-order valence-corrected chi connectivity index (χ3v) is 3.25. The molecule has 1 atom stereocenters. The number of rotatable bonds is 4. The summed E-state index contributed by atoms with van der Waals surface area (Å²) in [5.74, 6) is 0.570. The quantitative estimate of drug-likeness (QED) is 0.779. The smallest absolute Gasteiger partial charge is 0.177 e. The van der Waals surface area contributed by atoms with Gasteiger partial charge >= 0.3 is 0 Å². The minimum Gasteiger partial charge on any atom is -0.392 e. The highest BCUT2D eigenvalue weighted by molar-refractivity contribution is 5.82. The predicted molar refractivity (Wildman–Crippen MR) is 76.2 cm³/mol. The third-order valence-electron chi connectivity index (χ3n) is 3.25. The highest BCUT2D eigenvalue weighted by Crippen LogP contribution is 2.17. The first kappa shape index (κ1) is 12.7. The number of aliphatic hydroxyl groups excluding tert-OH is 1. The van der Waals surface area contributed by atoms with Crippen molar-refractivity contribution in [3.05, 3.63) is 53.9 Å². The molecule has 5 heteroatoms. The van der Waals surface area contributed by atoms with Gasteiger partial charge in [-0.15, -0.1) is 10.2 Å². The fourth-order valence-electron chi connectivity index (χ4n) is 2.33. The molecule has 0 fully saturated rings. The number of aromatic nitrogens is 4. The van der Waals surface area contributed by atoms with Crippen LogP contribution >= 0.6 is 0 Å². The van der Waals surface area contributed by atoms with Gasteiger partial charge in [0, 0.05) is 6.42 Å². The molecule has 102 valence electrons. The molecule has 3 rings (SSSR count). The van der Waals surface area contributed by atoms with Crippen LogP contribution in [0.5, 0.6) is 0 Å². The molecule has 1 heterocycles. The Bertz CT molecular complexity index is 722. The van der Waals surface area contributed by atoms with E-state index in [0.717, 1.165) is 5.56 Å². The first-order valence-electron chi connectivity index (χ1n) is 6.59. The maximum atomic E-state index is 10.1. The summed E-state index contributed by atoms with van der Waals surface area (Å²) in [5.41, 5.74) is 1.11. The lowest BCUT2D eigenvalue weighted by Gasteiger charge is -2.09. The summed E-state index contributed by atoms with van der Waals surface area (Å²) in [4.78, 5) is 1.40. The molecule has 1 N–H and O–H groups in total. The number of hydrogen-bond acceptors (Lipinski definition) is 4. The van der Waals surface area contributed by atoms with Crippen LogP contribution in [0.3, 0.4) is 0 Å². The first-order valence-corrected chi connectivity index (χ1v) is 6.59. The number of tetrazole rings is 1. The molecule has 0 saturated heterocycles. The highest BCUT2D eigenvalue weighted by atomic mass is 16.3. The van der Waals surface area contributed by atoms with Crippen LogP contribution in [0.15, 0.2) is 42.5 Å². The molecule has 5 nitrogen and oxygen atoms in total. The van der Waals surface area contributed by atoms with Crippen molar-refractivity contribution in [2.75, 3.05) is 0 Å². The molecule has 0 bridgehead atoms. The summed E-state index contributed by atoms with van der Waals surface area (Å²) in [5, 5.41) is 24.2. The maximum absolute atomic E-state index is 10.1. The lowest BCUT2D eigenvalue weighted by Crippen LogP contribution is -2.15. The van der Waals surface area contributed by atoms with Gasteiger partial charge in [0.1, 0.15) is 0 Å². The second-order valence-electron chi connectivity index (χ2n) is 4.94. The van der Waals surface area contributed by atoms with Crippen LogP contribution in [-0.4, -0.2) is 31.4 Å². The van der Waals surface area contributed by atoms with Gasteiger partial charge in [-0.1, -0.05) is 42.5 Å². The standard InChI is InChI=1S/C15H16N4O/c1-19-17-15(16-18-19)10-14(20)9-11-6-7-12-4-2-3-5-13(12)8-11/h2-8,14,20H,9-10H2,1H3. The molecule has 0 spiro atoms. The number of fused-ring (bicyclic) bond motifs is 1. The number of hydrogen-bond donors (Lipinski definition) is 1. The third kappa shape index (κ3) is 2.83. The monoisotopic (exact) mass is 268 g/mol. The Morgan fingerprint density at radius 1 is 1.10 bits per heavy atom. The lowest BCUT2D eigenvalue weighted by atomic mass is 10.0. The van der Waals surface area contributed by atoms with Gasteiger partial charge in [0.25, 0.3) is 0 Å². The fraction of sp³-hybridized carbons (Fsp3) is 0.267. The average molecular weight is 268 g/mol. The van der Waals surface area contributed by atoms with E-state index in [-0.39, 0.29) is 0 Å². The molecule has 2 aromatic carbocycles. The molecule has 0 saturated carbocycles. The summed E-state index contributed by atoms with van der Waals surface area (Å²) >= 11 is 0. The molecule has 1 aromatic heterocycles. The van der Waals surface area contributed by atoms with E-state index >= 15 is 0 Å². The van der Waals surface area contributed by atoms with Crippen LogP contribution in [0.1, 0.15) is 11.4 Å². The van der Waals surface area contributed by atoms with E-state index in [0.29, 0.717) is 18.7 Å². The Morgan fingerprint density at radius 2 is 1.90 bits per heavy atom. The van der Waals surface area contributed by atoms with Gasteiger partial charge in [-0.2, -0.15) is 4.80 Å². The molecule has 0 amide bonds. The fourth-order valence-corrected chi connectivity index (χ4v) is 2.33. The van der Waals surface area contributed by atoms with Crippen LogP contribution in [0.4, 0.5) is 0 Å². The molecule has 0 aliphatic heterocycles. The molecule has 1 unspecified atom stereocenters. The molecule has 0 aliphatic carbocycles. The van der Waals surface area contributed by atoms with Crippen LogP contribution in [0.2, 0.25) is 0 Å². The Labute approximate surface area is 116 Å². The van der Waals surface area contributed by atoms with Crippen molar-refractivity contribution in [1.82, 2.24) is 20.2 Å². The van der Waals surface area contributed by atoms with Gasteiger partial charge in [0.2, 0.25) is 0 Å². The minimum absolute atomic E-state index is 0.417. The van der Waals surface area contributed by atoms with E-state index in [9.17, 15) is 5.11 Å². The normalized spacial score (nSPS) is 12.7. The Balaban J connectivity index is 1.72. The molecule has 0 aliphatic rings. The summed E-state index contributed by atoms with van der Waals surface area (Å²) in [6.07, 6.45) is 0.504. The molecule has 3 aromatic rings. The molecule has 0 radical (unpaired) electrons. The van der Waals surface area contributed by atoms with Gasteiger partial charge in [-0.05, 0) is 28.0 Å². The number of aliphatic hydroxyl groups is 1. The summed E-state index contributed by atoms with van der Waals surface area (Å²) in [7, 11) is 1.71. The summed E-state index contributed by atoms with van der Waals surface area (Å²) in [6, 6.07) is 14.5. The van der Waals surface area contributed by atoms with E-state index in [4.69, 9.17) is 0 Å². The van der Waals surface area contributed by atoms with Crippen molar-refractivity contribution >= 4 is 10.8 Å². The van der Waals surface area contributed by atoms with Gasteiger partial charge < -0.3 is 5.11 Å². The van der Waals surface area contributed by atoms with Crippen molar-refractivity contribution in [1.29, 1.82) is 0 Å². The average Bonchev–Trinajstić information content (AvgIpc) is 2.83. The zero-order chi connectivity index (χ0) is 13.9. The van der Waals surface area contributed by atoms with Crippen LogP contribution in [0.25, 0.3) is 10.8 Å². The zero-order valence-corrected chi connectivity index (χ0v) is 11.3. The van der Waals surface area contributed by atoms with E-state index in [1.165, 1.54) is 15.6 Å². The van der Waals surface area contributed by atoms with Crippen molar-refractivity contribution in [2.24, 2.45) is 7.05 Å². The van der Waals surface area contributed by atoms with E-state index < -0.39 is 6.10 Å². The number of benzene rings is 2. The maximum Gasteiger partial charge on any atom is 0.177 e. The largest absolute Gasteiger partial charge is 0.392 e. The Morgan fingerprint density at radius 3 is 2.65 bits per heavy atom. The van der Waals surface area contributed by atoms with Crippen LogP contribution < -0.4 is 0 Å². The SMILES string of the molecule is Cn1nnc(CC(O)Cc2ccc3ccccc3c2)n1. The van der Waals surface area contributed by atoms with Crippen LogP contribution in [0, 0.1) is 0 Å². The van der Waals surface area contributed by atoms with Gasteiger partial charge in [-0.25, -0.2) is 0 Å². The van der Waals surface area contributed by atoms with Gasteiger partial charge in [-0.3, -0.25) is 0 Å². The van der Waals surface area contributed by atoms with Crippen molar-refractivity contribution in [3.8, 4) is 0 Å². The first-order chi connectivity index (χ1) is 9.70. The van der Waals surface area contributed by atoms with Gasteiger partial charge in [0.05, 0.1) is 13.2 Å². The zero-order valence-electron chi connectivity index (χ0n) is 11.3. The van der Waals surface area contributed by atoms with E-state index in [1.807, 2.05) is 12.1 Å². The van der Waals surface area contributed by atoms with Crippen molar-refractivity contribution in [2.45, 2.75) is 18.9 Å². The lowest BCUT2D eigenvalue weighted by molar-refractivity contribution is 0.173.